The molecule has 13 heavy (non-hydrogen) atoms. The maximum atomic E-state index is 2.00. The third-order valence-corrected chi connectivity index (χ3v) is 1.11. The second kappa shape index (κ2) is 14.9. The molecule has 3 heteroatoms. The second-order valence-electron chi connectivity index (χ2n) is 1.92. The van der Waals surface area contributed by atoms with E-state index in [4.69, 9.17) is 0 Å². The standard InChI is InChI=1S/2C5H5.Fe.2Li/c2*1-2-4-5-3-1;;;/h2*1-5H;;;/q2*-1;+2;2*+1. The molecule has 0 atom stereocenters. The fourth-order valence-corrected chi connectivity index (χ4v) is 0.642. The molecule has 0 heterocycles. The molecule has 0 amide bonds. The van der Waals surface area contributed by atoms with Crippen molar-refractivity contribution in [1.29, 1.82) is 0 Å². The van der Waals surface area contributed by atoms with E-state index < -0.39 is 0 Å². The Bertz CT molecular complexity index is 152. The molecule has 0 unspecified atom stereocenters. The Morgan fingerprint density at radius 2 is 0.769 bits per heavy atom. The number of rotatable bonds is 0. The van der Waals surface area contributed by atoms with Gasteiger partial charge in [-0.3, -0.25) is 0 Å². The van der Waals surface area contributed by atoms with Crippen molar-refractivity contribution in [2.45, 2.75) is 0 Å². The molecule has 58 valence electrons. The summed E-state index contributed by atoms with van der Waals surface area (Å²) in [5.41, 5.74) is 0. The van der Waals surface area contributed by atoms with E-state index in [0.717, 1.165) is 0 Å². The van der Waals surface area contributed by atoms with Crippen molar-refractivity contribution in [3.05, 3.63) is 60.7 Å². The summed E-state index contributed by atoms with van der Waals surface area (Å²) < 4.78 is 0. The maximum Gasteiger partial charge on any atom is 2.00 e. The summed E-state index contributed by atoms with van der Waals surface area (Å²) in [4.78, 5) is 0. The summed E-state index contributed by atoms with van der Waals surface area (Å²) in [6.07, 6.45) is 0. The Morgan fingerprint density at radius 3 is 0.846 bits per heavy atom. The average molecular weight is 200 g/mol. The van der Waals surface area contributed by atoms with Crippen molar-refractivity contribution < 1.29 is 54.8 Å². The third kappa shape index (κ3) is 12.4. The fourth-order valence-electron chi connectivity index (χ4n) is 0.642. The van der Waals surface area contributed by atoms with E-state index in [1.807, 2.05) is 60.7 Å². The molecule has 2 aromatic rings. The minimum absolute atomic E-state index is 0. The van der Waals surface area contributed by atoms with Gasteiger partial charge in [-0.25, -0.2) is 24.3 Å². The summed E-state index contributed by atoms with van der Waals surface area (Å²) in [5, 5.41) is 0. The fraction of sp³-hybridized carbons (Fsp3) is 0. The van der Waals surface area contributed by atoms with Crippen LogP contribution in [0.2, 0.25) is 0 Å². The van der Waals surface area contributed by atoms with Gasteiger partial charge in [-0.2, -0.15) is 36.4 Å². The van der Waals surface area contributed by atoms with Gasteiger partial charge in [0.05, 0.1) is 0 Å². The van der Waals surface area contributed by atoms with Crippen LogP contribution in [0.3, 0.4) is 0 Å². The molecule has 0 aliphatic heterocycles. The van der Waals surface area contributed by atoms with Crippen LogP contribution >= 0.6 is 0 Å². The molecule has 0 aliphatic carbocycles. The van der Waals surface area contributed by atoms with Crippen molar-refractivity contribution in [3.8, 4) is 0 Å². The van der Waals surface area contributed by atoms with Crippen LogP contribution in [-0.4, -0.2) is 0 Å². The molecule has 0 spiro atoms. The summed E-state index contributed by atoms with van der Waals surface area (Å²) in [6.45, 7) is 0. The van der Waals surface area contributed by atoms with Crippen LogP contribution in [-0.2, 0) is 17.1 Å². The molecule has 0 aromatic heterocycles. The van der Waals surface area contributed by atoms with Gasteiger partial charge in [0.1, 0.15) is 0 Å². The molecule has 0 fully saturated rings. The van der Waals surface area contributed by atoms with Gasteiger partial charge < -0.3 is 0 Å². The Labute approximate surface area is 115 Å². The molecule has 0 nitrogen and oxygen atoms in total. The normalized spacial score (nSPS) is 6.15. The predicted molar refractivity (Wildman–Crippen MR) is 44.1 cm³/mol. The largest absolute Gasteiger partial charge is 2.00 e. The molecule has 0 bridgehead atoms. The van der Waals surface area contributed by atoms with Gasteiger partial charge in [0.15, 0.2) is 0 Å². The summed E-state index contributed by atoms with van der Waals surface area (Å²) in [5.74, 6) is 0. The zero-order valence-electron chi connectivity index (χ0n) is 8.13. The van der Waals surface area contributed by atoms with Crippen LogP contribution in [0.15, 0.2) is 60.7 Å². The average Bonchev–Trinajstić information content (AvgIpc) is 2.67. The first kappa shape index (κ1) is 19.1. The van der Waals surface area contributed by atoms with Crippen LogP contribution < -0.4 is 37.7 Å². The van der Waals surface area contributed by atoms with Crippen molar-refractivity contribution in [2.75, 3.05) is 0 Å². The van der Waals surface area contributed by atoms with Crippen LogP contribution in [0.4, 0.5) is 0 Å². The number of hydrogen-bond acceptors (Lipinski definition) is 0. The first-order valence-electron chi connectivity index (χ1n) is 3.33. The zero-order chi connectivity index (χ0) is 7.07. The topological polar surface area (TPSA) is 0 Å². The quantitative estimate of drug-likeness (QED) is 0.310. The van der Waals surface area contributed by atoms with E-state index in [1.54, 1.807) is 0 Å². The van der Waals surface area contributed by atoms with Crippen molar-refractivity contribution in [3.63, 3.8) is 0 Å². The number of hydrogen-bond donors (Lipinski definition) is 0. The molecule has 0 radical (unpaired) electrons. The van der Waals surface area contributed by atoms with Crippen LogP contribution in [0.25, 0.3) is 0 Å². The van der Waals surface area contributed by atoms with E-state index in [1.165, 1.54) is 0 Å². The molecule has 2 aromatic carbocycles. The minimum Gasteiger partial charge on any atom is -0.214 e. The van der Waals surface area contributed by atoms with Gasteiger partial charge in [-0.1, -0.05) is 0 Å². The first-order chi connectivity index (χ1) is 5.00. The van der Waals surface area contributed by atoms with E-state index in [-0.39, 0.29) is 54.8 Å². The Morgan fingerprint density at radius 1 is 0.538 bits per heavy atom. The van der Waals surface area contributed by atoms with E-state index >= 15 is 0 Å². The van der Waals surface area contributed by atoms with Gasteiger partial charge in [0.2, 0.25) is 0 Å². The first-order valence-corrected chi connectivity index (χ1v) is 3.33. The van der Waals surface area contributed by atoms with Gasteiger partial charge >= 0.3 is 54.8 Å². The minimum atomic E-state index is 0. The Kier molecular flexibility index (Phi) is 21.9. The Balaban J connectivity index is -0.000000125. The zero-order valence-corrected chi connectivity index (χ0v) is 9.23. The molecular formula is C10H10FeLi2+2. The SMILES string of the molecule is [Fe+2].[Li+].[Li+].c1cc[cH-]c1.c1cc[cH-]c1. The smallest absolute Gasteiger partial charge is 0.214 e. The molecule has 0 aliphatic rings. The van der Waals surface area contributed by atoms with E-state index in [2.05, 4.69) is 0 Å². The molecule has 2 rings (SSSR count). The van der Waals surface area contributed by atoms with Crippen molar-refractivity contribution in [1.82, 2.24) is 0 Å². The van der Waals surface area contributed by atoms with Crippen LogP contribution in [0.1, 0.15) is 0 Å². The monoisotopic (exact) mass is 200 g/mol. The predicted octanol–water partition coefficient (Wildman–Crippen LogP) is -3.18. The van der Waals surface area contributed by atoms with Crippen LogP contribution in [0, 0.1) is 0 Å². The summed E-state index contributed by atoms with van der Waals surface area (Å²) in [6, 6.07) is 20.0. The van der Waals surface area contributed by atoms with Gasteiger partial charge in [-0.05, 0) is 0 Å². The molecule has 0 saturated carbocycles. The van der Waals surface area contributed by atoms with Crippen molar-refractivity contribution >= 4 is 0 Å². The molecular weight excluding hydrogens is 190 g/mol. The van der Waals surface area contributed by atoms with Gasteiger partial charge in [-0.15, -0.1) is 0 Å². The molecule has 0 N–H and O–H groups in total. The van der Waals surface area contributed by atoms with E-state index in [9.17, 15) is 0 Å². The summed E-state index contributed by atoms with van der Waals surface area (Å²) >= 11 is 0. The van der Waals surface area contributed by atoms with Crippen molar-refractivity contribution in [2.24, 2.45) is 0 Å². The third-order valence-electron chi connectivity index (χ3n) is 1.11. The van der Waals surface area contributed by atoms with Gasteiger partial charge in [0, 0.05) is 0 Å². The maximum absolute atomic E-state index is 2.00. The second-order valence-corrected chi connectivity index (χ2v) is 1.92. The van der Waals surface area contributed by atoms with Gasteiger partial charge in [0.25, 0.3) is 0 Å². The summed E-state index contributed by atoms with van der Waals surface area (Å²) in [7, 11) is 0. The Hall–Kier alpha value is 0.414. The van der Waals surface area contributed by atoms with E-state index in [0.29, 0.717) is 0 Å². The van der Waals surface area contributed by atoms with Crippen LogP contribution in [0.5, 0.6) is 0 Å². The molecule has 0 saturated heterocycles.